The van der Waals surface area contributed by atoms with Gasteiger partial charge in [-0.05, 0) is 38.1 Å². The van der Waals surface area contributed by atoms with E-state index in [9.17, 15) is 4.79 Å². The Morgan fingerprint density at radius 3 is 2.71 bits per heavy atom. The van der Waals surface area contributed by atoms with E-state index in [2.05, 4.69) is 11.9 Å². The lowest BCUT2D eigenvalue weighted by atomic mass is 9.94. The Hall–Kier alpha value is -0.570. The van der Waals surface area contributed by atoms with E-state index in [4.69, 9.17) is 5.11 Å². The summed E-state index contributed by atoms with van der Waals surface area (Å²) >= 11 is 0. The summed E-state index contributed by atoms with van der Waals surface area (Å²) in [6.07, 6.45) is 5.76. The quantitative estimate of drug-likeness (QED) is 0.744. The minimum absolute atomic E-state index is 0.282. The Morgan fingerprint density at radius 1 is 1.43 bits per heavy atom. The van der Waals surface area contributed by atoms with E-state index in [1.807, 2.05) is 0 Å². The van der Waals surface area contributed by atoms with Gasteiger partial charge in [-0.3, -0.25) is 4.79 Å². The Morgan fingerprint density at radius 2 is 2.21 bits per heavy atom. The van der Waals surface area contributed by atoms with E-state index < -0.39 is 5.97 Å². The van der Waals surface area contributed by atoms with Gasteiger partial charge in [-0.2, -0.15) is 0 Å². The van der Waals surface area contributed by atoms with Gasteiger partial charge in [0.2, 0.25) is 0 Å². The van der Waals surface area contributed by atoms with Gasteiger partial charge in [-0.25, -0.2) is 0 Å². The lowest BCUT2D eigenvalue weighted by Crippen LogP contribution is -2.37. The first-order chi connectivity index (χ1) is 6.66. The molecule has 0 amide bonds. The SMILES string of the molecule is CN(CCC(=O)O)C1CC2CCC1C2. The molecule has 0 radical (unpaired) electrons. The van der Waals surface area contributed by atoms with E-state index in [0.29, 0.717) is 12.6 Å². The molecule has 3 heteroatoms. The normalized spacial score (nSPS) is 35.4. The maximum absolute atomic E-state index is 10.5. The molecule has 14 heavy (non-hydrogen) atoms. The van der Waals surface area contributed by atoms with Crippen molar-refractivity contribution in [2.24, 2.45) is 11.8 Å². The fourth-order valence-electron chi connectivity index (χ4n) is 3.19. The number of carboxylic acid groups (broad SMARTS) is 1. The second-order valence-corrected chi connectivity index (χ2v) is 4.87. The Bertz CT molecular complexity index is 229. The smallest absolute Gasteiger partial charge is 0.304 e. The average Bonchev–Trinajstić information content (AvgIpc) is 2.74. The summed E-state index contributed by atoms with van der Waals surface area (Å²) < 4.78 is 0. The Labute approximate surface area is 85.1 Å². The first kappa shape index (κ1) is 9.97. The zero-order chi connectivity index (χ0) is 10.1. The molecule has 2 fully saturated rings. The third-order valence-corrected chi connectivity index (χ3v) is 3.95. The van der Waals surface area contributed by atoms with E-state index in [1.165, 1.54) is 25.7 Å². The molecule has 2 aliphatic rings. The van der Waals surface area contributed by atoms with Gasteiger partial charge in [0, 0.05) is 12.6 Å². The molecule has 80 valence electrons. The number of hydrogen-bond acceptors (Lipinski definition) is 2. The summed E-state index contributed by atoms with van der Waals surface area (Å²) in [5.74, 6) is 1.12. The maximum atomic E-state index is 10.5. The van der Waals surface area contributed by atoms with Crippen molar-refractivity contribution in [1.29, 1.82) is 0 Å². The summed E-state index contributed by atoms with van der Waals surface area (Å²) in [6, 6.07) is 0.674. The number of hydrogen-bond donors (Lipinski definition) is 1. The molecular weight excluding hydrogens is 178 g/mol. The third-order valence-electron chi connectivity index (χ3n) is 3.95. The zero-order valence-corrected chi connectivity index (χ0v) is 8.78. The zero-order valence-electron chi connectivity index (χ0n) is 8.78. The van der Waals surface area contributed by atoms with E-state index in [0.717, 1.165) is 11.8 Å². The standard InChI is InChI=1S/C11H19NO2/c1-12(5-4-11(13)14)10-7-8-2-3-9(10)6-8/h8-10H,2-7H2,1H3,(H,13,14). The van der Waals surface area contributed by atoms with Crippen molar-refractivity contribution < 1.29 is 9.90 Å². The highest BCUT2D eigenvalue weighted by Gasteiger charge is 2.41. The fraction of sp³-hybridized carbons (Fsp3) is 0.909. The highest BCUT2D eigenvalue weighted by molar-refractivity contribution is 5.66. The van der Waals surface area contributed by atoms with Gasteiger partial charge < -0.3 is 10.0 Å². The summed E-state index contributed by atoms with van der Waals surface area (Å²) in [7, 11) is 2.08. The van der Waals surface area contributed by atoms with Crippen LogP contribution in [0, 0.1) is 11.8 Å². The molecule has 0 aromatic rings. The van der Waals surface area contributed by atoms with Crippen LogP contribution >= 0.6 is 0 Å². The van der Waals surface area contributed by atoms with Crippen LogP contribution in [0.2, 0.25) is 0 Å². The van der Waals surface area contributed by atoms with Crippen molar-refractivity contribution >= 4 is 5.97 Å². The number of carboxylic acids is 1. The minimum Gasteiger partial charge on any atom is -0.481 e. The number of rotatable bonds is 4. The number of aliphatic carboxylic acids is 1. The second-order valence-electron chi connectivity index (χ2n) is 4.87. The van der Waals surface area contributed by atoms with Crippen LogP contribution in [0.5, 0.6) is 0 Å². The van der Waals surface area contributed by atoms with Crippen molar-refractivity contribution in [2.45, 2.75) is 38.1 Å². The molecule has 0 aromatic heterocycles. The predicted molar refractivity (Wildman–Crippen MR) is 54.1 cm³/mol. The molecule has 0 saturated heterocycles. The van der Waals surface area contributed by atoms with Gasteiger partial charge in [0.1, 0.15) is 0 Å². The van der Waals surface area contributed by atoms with Crippen LogP contribution in [-0.4, -0.2) is 35.6 Å². The van der Waals surface area contributed by atoms with Crippen LogP contribution < -0.4 is 0 Å². The van der Waals surface area contributed by atoms with Crippen LogP contribution in [-0.2, 0) is 4.79 Å². The lowest BCUT2D eigenvalue weighted by Gasteiger charge is -2.31. The molecule has 1 N–H and O–H groups in total. The molecule has 3 unspecified atom stereocenters. The van der Waals surface area contributed by atoms with Gasteiger partial charge in [0.25, 0.3) is 0 Å². The monoisotopic (exact) mass is 197 g/mol. The molecule has 0 spiro atoms. The average molecular weight is 197 g/mol. The van der Waals surface area contributed by atoms with Crippen molar-refractivity contribution in [1.82, 2.24) is 4.90 Å². The van der Waals surface area contributed by atoms with Crippen molar-refractivity contribution in [2.75, 3.05) is 13.6 Å². The fourth-order valence-corrected chi connectivity index (χ4v) is 3.19. The largest absolute Gasteiger partial charge is 0.481 e. The van der Waals surface area contributed by atoms with Crippen LogP contribution in [0.4, 0.5) is 0 Å². The first-order valence-electron chi connectivity index (χ1n) is 5.59. The van der Waals surface area contributed by atoms with Crippen LogP contribution in [0.25, 0.3) is 0 Å². The van der Waals surface area contributed by atoms with Gasteiger partial charge in [0.05, 0.1) is 6.42 Å². The Balaban J connectivity index is 1.80. The van der Waals surface area contributed by atoms with Gasteiger partial charge in [0.15, 0.2) is 0 Å². The van der Waals surface area contributed by atoms with E-state index in [1.54, 1.807) is 0 Å². The van der Waals surface area contributed by atoms with E-state index in [-0.39, 0.29) is 6.42 Å². The van der Waals surface area contributed by atoms with Crippen LogP contribution in [0.3, 0.4) is 0 Å². The Kier molecular flexibility index (Phi) is 2.77. The molecule has 2 rings (SSSR count). The molecule has 0 heterocycles. The summed E-state index contributed by atoms with van der Waals surface area (Å²) in [6.45, 7) is 0.712. The first-order valence-corrected chi connectivity index (χ1v) is 5.59. The topological polar surface area (TPSA) is 40.5 Å². The van der Waals surface area contributed by atoms with Gasteiger partial charge >= 0.3 is 5.97 Å². The third kappa shape index (κ3) is 1.92. The summed E-state index contributed by atoms with van der Waals surface area (Å²) in [5.41, 5.74) is 0. The number of nitrogens with zero attached hydrogens (tertiary/aromatic N) is 1. The second kappa shape index (κ2) is 3.89. The van der Waals surface area contributed by atoms with Crippen LogP contribution in [0.1, 0.15) is 32.1 Å². The van der Waals surface area contributed by atoms with Crippen molar-refractivity contribution in [3.63, 3.8) is 0 Å². The maximum Gasteiger partial charge on any atom is 0.304 e. The predicted octanol–water partition coefficient (Wildman–Crippen LogP) is 1.58. The van der Waals surface area contributed by atoms with Gasteiger partial charge in [-0.1, -0.05) is 6.42 Å². The molecule has 0 aliphatic heterocycles. The van der Waals surface area contributed by atoms with Crippen LogP contribution in [0.15, 0.2) is 0 Å². The number of fused-ring (bicyclic) bond motifs is 2. The molecule has 3 nitrogen and oxygen atoms in total. The van der Waals surface area contributed by atoms with Gasteiger partial charge in [-0.15, -0.1) is 0 Å². The lowest BCUT2D eigenvalue weighted by molar-refractivity contribution is -0.137. The molecule has 0 aromatic carbocycles. The summed E-state index contributed by atoms with van der Waals surface area (Å²) in [5, 5.41) is 8.61. The summed E-state index contributed by atoms with van der Waals surface area (Å²) in [4.78, 5) is 12.7. The highest BCUT2D eigenvalue weighted by atomic mass is 16.4. The molecule has 2 bridgehead atoms. The highest BCUT2D eigenvalue weighted by Crippen LogP contribution is 2.46. The van der Waals surface area contributed by atoms with E-state index >= 15 is 0 Å². The number of carbonyl (C=O) groups is 1. The van der Waals surface area contributed by atoms with Crippen molar-refractivity contribution in [3.8, 4) is 0 Å². The molecule has 3 atom stereocenters. The molecule has 2 saturated carbocycles. The minimum atomic E-state index is -0.681. The van der Waals surface area contributed by atoms with Crippen molar-refractivity contribution in [3.05, 3.63) is 0 Å². The molecule has 2 aliphatic carbocycles. The molecular formula is C11H19NO2.